The highest BCUT2D eigenvalue weighted by atomic mass is 16.5. The van der Waals surface area contributed by atoms with E-state index in [9.17, 15) is 5.11 Å². The first-order valence-electron chi connectivity index (χ1n) is 5.77. The van der Waals surface area contributed by atoms with Gasteiger partial charge in [0, 0.05) is 33.4 Å². The Labute approximate surface area is 93.6 Å². The monoisotopic (exact) mass is 218 g/mol. The molecule has 1 unspecified atom stereocenters. The zero-order chi connectivity index (χ0) is 11.5. The molecule has 0 aromatic rings. The molecule has 0 saturated heterocycles. The minimum Gasteiger partial charge on any atom is -0.390 e. The molecule has 15 heavy (non-hydrogen) atoms. The highest BCUT2D eigenvalue weighted by Crippen LogP contribution is 1.91. The number of hydrogen-bond donors (Lipinski definition) is 2. The lowest BCUT2D eigenvalue weighted by Crippen LogP contribution is -2.37. The molecule has 0 amide bonds. The van der Waals surface area contributed by atoms with E-state index in [0.717, 1.165) is 39.1 Å². The molecule has 4 heteroatoms. The van der Waals surface area contributed by atoms with Gasteiger partial charge in [-0.1, -0.05) is 6.92 Å². The van der Waals surface area contributed by atoms with Crippen molar-refractivity contribution in [2.24, 2.45) is 0 Å². The molecule has 0 bridgehead atoms. The Kier molecular flexibility index (Phi) is 10.3. The summed E-state index contributed by atoms with van der Waals surface area (Å²) in [5.74, 6) is 0. The fourth-order valence-electron chi connectivity index (χ4n) is 1.44. The van der Waals surface area contributed by atoms with Gasteiger partial charge in [-0.05, 0) is 26.4 Å². The van der Waals surface area contributed by atoms with Gasteiger partial charge in [-0.3, -0.25) is 0 Å². The fourth-order valence-corrected chi connectivity index (χ4v) is 1.44. The van der Waals surface area contributed by atoms with Crippen molar-refractivity contribution >= 4 is 0 Å². The standard InChI is InChI=1S/C11H26N2O2/c1-4-6-12-9-11(14)10-13(2)7-5-8-15-3/h11-12,14H,4-10H2,1-3H3. The molecule has 0 heterocycles. The van der Waals surface area contributed by atoms with Crippen LogP contribution in [-0.2, 0) is 4.74 Å². The average molecular weight is 218 g/mol. The van der Waals surface area contributed by atoms with Crippen LogP contribution in [0.1, 0.15) is 19.8 Å². The van der Waals surface area contributed by atoms with Gasteiger partial charge in [0.05, 0.1) is 6.10 Å². The lowest BCUT2D eigenvalue weighted by atomic mass is 10.3. The molecule has 0 aliphatic rings. The third-order valence-electron chi connectivity index (χ3n) is 2.22. The molecule has 0 radical (unpaired) electrons. The summed E-state index contributed by atoms with van der Waals surface area (Å²) >= 11 is 0. The topological polar surface area (TPSA) is 44.7 Å². The van der Waals surface area contributed by atoms with Crippen molar-refractivity contribution in [1.82, 2.24) is 10.2 Å². The molecule has 0 aliphatic carbocycles. The van der Waals surface area contributed by atoms with Crippen molar-refractivity contribution in [3.63, 3.8) is 0 Å². The number of methoxy groups -OCH3 is 1. The highest BCUT2D eigenvalue weighted by molar-refractivity contribution is 4.64. The molecule has 0 spiro atoms. The second-order valence-corrected chi connectivity index (χ2v) is 3.97. The normalized spacial score (nSPS) is 13.4. The minimum atomic E-state index is -0.274. The Bertz CT molecular complexity index is 120. The van der Waals surface area contributed by atoms with Gasteiger partial charge in [-0.2, -0.15) is 0 Å². The van der Waals surface area contributed by atoms with E-state index in [1.165, 1.54) is 0 Å². The Morgan fingerprint density at radius 2 is 2.20 bits per heavy atom. The van der Waals surface area contributed by atoms with Crippen LogP contribution in [0.4, 0.5) is 0 Å². The molecule has 2 N–H and O–H groups in total. The van der Waals surface area contributed by atoms with Crippen LogP contribution >= 0.6 is 0 Å². The van der Waals surface area contributed by atoms with Crippen LogP contribution in [0.5, 0.6) is 0 Å². The second-order valence-electron chi connectivity index (χ2n) is 3.97. The van der Waals surface area contributed by atoms with Gasteiger partial charge < -0.3 is 20.1 Å². The van der Waals surface area contributed by atoms with Crippen molar-refractivity contribution in [2.75, 3.05) is 46.9 Å². The number of nitrogens with zero attached hydrogens (tertiary/aromatic N) is 1. The van der Waals surface area contributed by atoms with Gasteiger partial charge in [0.25, 0.3) is 0 Å². The molecule has 0 rings (SSSR count). The summed E-state index contributed by atoms with van der Waals surface area (Å²) < 4.78 is 4.98. The van der Waals surface area contributed by atoms with E-state index in [1.54, 1.807) is 7.11 Å². The van der Waals surface area contributed by atoms with Gasteiger partial charge >= 0.3 is 0 Å². The van der Waals surface area contributed by atoms with Gasteiger partial charge in [0.2, 0.25) is 0 Å². The van der Waals surface area contributed by atoms with Crippen LogP contribution in [0.15, 0.2) is 0 Å². The van der Waals surface area contributed by atoms with Crippen molar-refractivity contribution in [3.8, 4) is 0 Å². The van der Waals surface area contributed by atoms with Gasteiger partial charge in [0.1, 0.15) is 0 Å². The third-order valence-corrected chi connectivity index (χ3v) is 2.22. The van der Waals surface area contributed by atoms with Crippen LogP contribution in [-0.4, -0.2) is 63.1 Å². The average Bonchev–Trinajstić information content (AvgIpc) is 2.18. The smallest absolute Gasteiger partial charge is 0.0791 e. The first-order valence-corrected chi connectivity index (χ1v) is 5.77. The summed E-state index contributed by atoms with van der Waals surface area (Å²) in [7, 11) is 3.74. The summed E-state index contributed by atoms with van der Waals surface area (Å²) in [6.07, 6.45) is 1.85. The van der Waals surface area contributed by atoms with Gasteiger partial charge in [0.15, 0.2) is 0 Å². The molecule has 1 atom stereocenters. The predicted octanol–water partition coefficient (Wildman–Crippen LogP) is 0.315. The first kappa shape index (κ1) is 14.8. The molecule has 0 saturated carbocycles. The van der Waals surface area contributed by atoms with E-state index in [2.05, 4.69) is 17.1 Å². The summed E-state index contributed by atoms with van der Waals surface area (Å²) in [6, 6.07) is 0. The number of hydrogen-bond acceptors (Lipinski definition) is 4. The summed E-state index contributed by atoms with van der Waals surface area (Å²) in [5, 5.41) is 12.9. The number of aliphatic hydroxyl groups excluding tert-OH is 1. The van der Waals surface area contributed by atoms with Crippen molar-refractivity contribution in [1.29, 1.82) is 0 Å². The first-order chi connectivity index (χ1) is 7.20. The number of ether oxygens (including phenoxy) is 1. The van der Waals surface area contributed by atoms with Crippen molar-refractivity contribution in [2.45, 2.75) is 25.9 Å². The number of nitrogens with one attached hydrogen (secondary N) is 1. The number of aliphatic hydroxyl groups is 1. The van der Waals surface area contributed by atoms with Crippen LogP contribution in [0.3, 0.4) is 0 Å². The lowest BCUT2D eigenvalue weighted by molar-refractivity contribution is 0.116. The lowest BCUT2D eigenvalue weighted by Gasteiger charge is -2.20. The zero-order valence-corrected chi connectivity index (χ0v) is 10.3. The SMILES string of the molecule is CCCNCC(O)CN(C)CCCOC. The van der Waals surface area contributed by atoms with Crippen LogP contribution in [0.25, 0.3) is 0 Å². The fraction of sp³-hybridized carbons (Fsp3) is 1.00. The molecule has 0 fully saturated rings. The second kappa shape index (κ2) is 10.4. The quantitative estimate of drug-likeness (QED) is 0.518. The molecule has 92 valence electrons. The Morgan fingerprint density at radius 3 is 2.80 bits per heavy atom. The maximum absolute atomic E-state index is 9.67. The maximum atomic E-state index is 9.67. The summed E-state index contributed by atoms with van der Waals surface area (Å²) in [4.78, 5) is 2.14. The zero-order valence-electron chi connectivity index (χ0n) is 10.3. The summed E-state index contributed by atoms with van der Waals surface area (Å²) in [5.41, 5.74) is 0. The van der Waals surface area contributed by atoms with E-state index in [0.29, 0.717) is 6.54 Å². The van der Waals surface area contributed by atoms with Crippen LogP contribution in [0.2, 0.25) is 0 Å². The van der Waals surface area contributed by atoms with E-state index in [-0.39, 0.29) is 6.10 Å². The highest BCUT2D eigenvalue weighted by Gasteiger charge is 2.06. The molecule has 0 aliphatic heterocycles. The molecular formula is C11H26N2O2. The molecular weight excluding hydrogens is 192 g/mol. The van der Waals surface area contributed by atoms with E-state index in [4.69, 9.17) is 4.74 Å². The third kappa shape index (κ3) is 10.1. The molecule has 4 nitrogen and oxygen atoms in total. The number of rotatable bonds is 10. The van der Waals surface area contributed by atoms with Crippen molar-refractivity contribution < 1.29 is 9.84 Å². The van der Waals surface area contributed by atoms with Crippen molar-refractivity contribution in [3.05, 3.63) is 0 Å². The minimum absolute atomic E-state index is 0.274. The molecule has 0 aromatic heterocycles. The van der Waals surface area contributed by atoms with Gasteiger partial charge in [-0.25, -0.2) is 0 Å². The summed E-state index contributed by atoms with van der Waals surface area (Å²) in [6.45, 7) is 6.26. The van der Waals surface area contributed by atoms with Gasteiger partial charge in [-0.15, -0.1) is 0 Å². The van der Waals surface area contributed by atoms with E-state index >= 15 is 0 Å². The Hall–Kier alpha value is -0.160. The van der Waals surface area contributed by atoms with E-state index in [1.807, 2.05) is 7.05 Å². The Balaban J connectivity index is 3.35. The molecule has 0 aromatic carbocycles. The number of likely N-dealkylation sites (N-methyl/N-ethyl adjacent to an activating group) is 1. The largest absolute Gasteiger partial charge is 0.390 e. The van der Waals surface area contributed by atoms with Crippen LogP contribution in [0, 0.1) is 0 Å². The predicted molar refractivity (Wildman–Crippen MR) is 63.2 cm³/mol. The van der Waals surface area contributed by atoms with E-state index < -0.39 is 0 Å². The van der Waals surface area contributed by atoms with Crippen LogP contribution < -0.4 is 5.32 Å². The Morgan fingerprint density at radius 1 is 1.47 bits per heavy atom. The maximum Gasteiger partial charge on any atom is 0.0791 e.